The van der Waals surface area contributed by atoms with Gasteiger partial charge in [-0.05, 0) is 24.6 Å². The molecule has 0 fully saturated rings. The third-order valence-electron chi connectivity index (χ3n) is 2.95. The molecule has 2 N–H and O–H groups in total. The lowest BCUT2D eigenvalue weighted by molar-refractivity contribution is 0.115. The minimum Gasteiger partial charge on any atom is -0.496 e. The van der Waals surface area contributed by atoms with E-state index in [9.17, 15) is 0 Å². The van der Waals surface area contributed by atoms with Crippen LogP contribution in [-0.4, -0.2) is 13.7 Å². The van der Waals surface area contributed by atoms with Gasteiger partial charge < -0.3 is 15.2 Å². The van der Waals surface area contributed by atoms with Gasteiger partial charge in [0.25, 0.3) is 0 Å². The van der Waals surface area contributed by atoms with Crippen LogP contribution in [0.15, 0.2) is 18.2 Å². The summed E-state index contributed by atoms with van der Waals surface area (Å²) in [7, 11) is 1.67. The van der Waals surface area contributed by atoms with Gasteiger partial charge in [-0.25, -0.2) is 0 Å². The number of ether oxygens (including phenoxy) is 2. The molecule has 1 rings (SSSR count). The number of benzene rings is 1. The van der Waals surface area contributed by atoms with Crippen LogP contribution in [0.25, 0.3) is 0 Å². The molecule has 0 aromatic heterocycles. The first-order valence-corrected chi connectivity index (χ1v) is 6.78. The Balaban J connectivity index is 2.24. The third-order valence-corrected chi connectivity index (χ3v) is 2.95. The second kappa shape index (κ2) is 8.81. The number of anilines is 1. The van der Waals surface area contributed by atoms with E-state index in [4.69, 9.17) is 15.2 Å². The molecule has 1 aromatic rings. The maximum absolute atomic E-state index is 5.76. The van der Waals surface area contributed by atoms with E-state index < -0.39 is 0 Å². The summed E-state index contributed by atoms with van der Waals surface area (Å²) in [6, 6.07) is 5.64. The van der Waals surface area contributed by atoms with Crippen molar-refractivity contribution in [3.63, 3.8) is 0 Å². The molecule has 0 aliphatic heterocycles. The molecule has 0 saturated heterocycles. The molecule has 1 aromatic carbocycles. The Morgan fingerprint density at radius 3 is 2.61 bits per heavy atom. The van der Waals surface area contributed by atoms with Gasteiger partial charge in [-0.15, -0.1) is 0 Å². The van der Waals surface area contributed by atoms with Crippen molar-refractivity contribution < 1.29 is 9.47 Å². The normalized spacial score (nSPS) is 10.6. The average molecular weight is 251 g/mol. The molecular weight excluding hydrogens is 226 g/mol. The minimum atomic E-state index is 0.571. The molecule has 0 bridgehead atoms. The average Bonchev–Trinajstić information content (AvgIpc) is 2.38. The Morgan fingerprint density at radius 1 is 1.11 bits per heavy atom. The summed E-state index contributed by atoms with van der Waals surface area (Å²) in [5, 5.41) is 0. The lowest BCUT2D eigenvalue weighted by atomic mass is 10.1. The highest BCUT2D eigenvalue weighted by Crippen LogP contribution is 2.21. The zero-order chi connectivity index (χ0) is 13.2. The Morgan fingerprint density at radius 2 is 1.89 bits per heavy atom. The van der Waals surface area contributed by atoms with Gasteiger partial charge in [-0.1, -0.05) is 32.6 Å². The Labute approximate surface area is 110 Å². The molecule has 3 nitrogen and oxygen atoms in total. The van der Waals surface area contributed by atoms with E-state index in [1.54, 1.807) is 7.11 Å². The van der Waals surface area contributed by atoms with Crippen LogP contribution < -0.4 is 10.5 Å². The van der Waals surface area contributed by atoms with E-state index in [2.05, 4.69) is 6.92 Å². The highest BCUT2D eigenvalue weighted by Gasteiger charge is 2.03. The van der Waals surface area contributed by atoms with E-state index in [1.165, 1.54) is 25.7 Å². The molecule has 3 heteroatoms. The van der Waals surface area contributed by atoms with Crippen LogP contribution in [0.3, 0.4) is 0 Å². The Kier molecular flexibility index (Phi) is 7.26. The molecule has 0 amide bonds. The van der Waals surface area contributed by atoms with E-state index in [0.29, 0.717) is 6.61 Å². The third kappa shape index (κ3) is 5.41. The molecular formula is C15H25NO2. The van der Waals surface area contributed by atoms with Crippen LogP contribution in [-0.2, 0) is 11.3 Å². The summed E-state index contributed by atoms with van der Waals surface area (Å²) in [6.07, 6.45) is 6.29. The summed E-state index contributed by atoms with van der Waals surface area (Å²) in [5.74, 6) is 0.843. The molecule has 0 aliphatic carbocycles. The molecule has 0 saturated carbocycles. The zero-order valence-electron chi connectivity index (χ0n) is 11.6. The monoisotopic (exact) mass is 251 g/mol. The Bertz CT molecular complexity index is 339. The summed E-state index contributed by atoms with van der Waals surface area (Å²) in [6.45, 7) is 3.60. The fourth-order valence-electron chi connectivity index (χ4n) is 1.90. The lowest BCUT2D eigenvalue weighted by Gasteiger charge is -2.10. The summed E-state index contributed by atoms with van der Waals surface area (Å²) >= 11 is 0. The fourth-order valence-corrected chi connectivity index (χ4v) is 1.90. The minimum absolute atomic E-state index is 0.571. The first-order valence-electron chi connectivity index (χ1n) is 6.78. The van der Waals surface area contributed by atoms with Crippen LogP contribution in [0.5, 0.6) is 5.75 Å². The summed E-state index contributed by atoms with van der Waals surface area (Å²) in [5.41, 5.74) is 7.52. The molecule has 0 atom stereocenters. The van der Waals surface area contributed by atoms with Gasteiger partial charge in [0.15, 0.2) is 0 Å². The van der Waals surface area contributed by atoms with E-state index in [-0.39, 0.29) is 0 Å². The quantitative estimate of drug-likeness (QED) is 0.537. The van der Waals surface area contributed by atoms with Crippen molar-refractivity contribution in [3.05, 3.63) is 23.8 Å². The van der Waals surface area contributed by atoms with Gasteiger partial charge in [0.1, 0.15) is 5.75 Å². The van der Waals surface area contributed by atoms with Crippen LogP contribution >= 0.6 is 0 Å². The lowest BCUT2D eigenvalue weighted by Crippen LogP contribution is -1.99. The highest BCUT2D eigenvalue weighted by atomic mass is 16.5. The predicted octanol–water partition coefficient (Wildman–Crippen LogP) is 3.76. The van der Waals surface area contributed by atoms with Gasteiger partial charge in [-0.3, -0.25) is 0 Å². The van der Waals surface area contributed by atoms with E-state index in [0.717, 1.165) is 30.0 Å². The van der Waals surface area contributed by atoms with Crippen LogP contribution in [0.1, 0.15) is 44.6 Å². The molecule has 18 heavy (non-hydrogen) atoms. The molecule has 0 heterocycles. The van der Waals surface area contributed by atoms with E-state index >= 15 is 0 Å². The summed E-state index contributed by atoms with van der Waals surface area (Å²) in [4.78, 5) is 0. The fraction of sp³-hybridized carbons (Fsp3) is 0.600. The maximum Gasteiger partial charge on any atom is 0.124 e. The van der Waals surface area contributed by atoms with Gasteiger partial charge >= 0.3 is 0 Å². The number of nitrogens with two attached hydrogens (primary N) is 1. The number of rotatable bonds is 9. The van der Waals surface area contributed by atoms with Gasteiger partial charge in [0.2, 0.25) is 0 Å². The van der Waals surface area contributed by atoms with Crippen LogP contribution in [0, 0.1) is 0 Å². The number of nitrogen functional groups attached to an aromatic ring is 1. The predicted molar refractivity (Wildman–Crippen MR) is 75.8 cm³/mol. The molecule has 0 aliphatic rings. The van der Waals surface area contributed by atoms with Crippen molar-refractivity contribution >= 4 is 5.69 Å². The van der Waals surface area contributed by atoms with Crippen molar-refractivity contribution in [2.75, 3.05) is 19.5 Å². The number of hydrogen-bond donors (Lipinski definition) is 1. The smallest absolute Gasteiger partial charge is 0.124 e. The first kappa shape index (κ1) is 14.8. The van der Waals surface area contributed by atoms with Gasteiger partial charge in [0, 0.05) is 17.9 Å². The van der Waals surface area contributed by atoms with Crippen molar-refractivity contribution in [2.45, 2.75) is 45.6 Å². The van der Waals surface area contributed by atoms with Crippen LogP contribution in [0.4, 0.5) is 5.69 Å². The molecule has 0 spiro atoms. The second-order valence-electron chi connectivity index (χ2n) is 4.54. The standard InChI is InChI=1S/C15H25NO2/c1-3-4-5-6-7-10-18-12-13-11-14(16)8-9-15(13)17-2/h8-9,11H,3-7,10,12,16H2,1-2H3. The van der Waals surface area contributed by atoms with Crippen molar-refractivity contribution in [1.82, 2.24) is 0 Å². The largest absolute Gasteiger partial charge is 0.496 e. The molecule has 102 valence electrons. The second-order valence-corrected chi connectivity index (χ2v) is 4.54. The van der Waals surface area contributed by atoms with Gasteiger partial charge in [0.05, 0.1) is 13.7 Å². The number of hydrogen-bond acceptors (Lipinski definition) is 3. The summed E-state index contributed by atoms with van der Waals surface area (Å²) < 4.78 is 10.9. The molecule has 0 radical (unpaired) electrons. The van der Waals surface area contributed by atoms with Crippen molar-refractivity contribution in [1.29, 1.82) is 0 Å². The van der Waals surface area contributed by atoms with Gasteiger partial charge in [-0.2, -0.15) is 0 Å². The SMILES string of the molecule is CCCCCCCOCc1cc(N)ccc1OC. The molecule has 0 unspecified atom stereocenters. The number of unbranched alkanes of at least 4 members (excludes halogenated alkanes) is 4. The first-order chi connectivity index (χ1) is 8.77. The zero-order valence-corrected chi connectivity index (χ0v) is 11.6. The maximum atomic E-state index is 5.76. The van der Waals surface area contributed by atoms with Crippen LogP contribution in [0.2, 0.25) is 0 Å². The van der Waals surface area contributed by atoms with Crippen molar-refractivity contribution in [2.24, 2.45) is 0 Å². The highest BCUT2D eigenvalue weighted by molar-refractivity contribution is 5.47. The Hall–Kier alpha value is -1.22. The number of methoxy groups -OCH3 is 1. The van der Waals surface area contributed by atoms with Crippen molar-refractivity contribution in [3.8, 4) is 5.75 Å². The van der Waals surface area contributed by atoms with E-state index in [1.807, 2.05) is 18.2 Å². The topological polar surface area (TPSA) is 44.5 Å².